The van der Waals surface area contributed by atoms with Crippen LogP contribution >= 0.6 is 0 Å². The predicted octanol–water partition coefficient (Wildman–Crippen LogP) is 3.67. The van der Waals surface area contributed by atoms with E-state index in [-0.39, 0.29) is 6.61 Å². The Morgan fingerprint density at radius 3 is 2.71 bits per heavy atom. The molecular formula is C19H23NO3S. The molecule has 128 valence electrons. The highest BCUT2D eigenvalue weighted by atomic mass is 32.2. The Kier molecular flexibility index (Phi) is 4.18. The van der Waals surface area contributed by atoms with Gasteiger partial charge in [0.25, 0.3) is 0 Å². The van der Waals surface area contributed by atoms with Crippen LogP contribution in [0.2, 0.25) is 0 Å². The summed E-state index contributed by atoms with van der Waals surface area (Å²) in [5.41, 5.74) is 3.31. The topological polar surface area (TPSA) is 59.3 Å². The van der Waals surface area contributed by atoms with E-state index >= 15 is 0 Å². The van der Waals surface area contributed by atoms with Crippen LogP contribution in [0.25, 0.3) is 10.9 Å². The number of aryl methyl sites for hydroxylation is 1. The van der Waals surface area contributed by atoms with Gasteiger partial charge in [-0.1, -0.05) is 42.9 Å². The number of fused-ring (bicyclic) bond motifs is 1. The van der Waals surface area contributed by atoms with E-state index in [1.165, 1.54) is 3.97 Å². The number of benzene rings is 1. The van der Waals surface area contributed by atoms with E-state index < -0.39 is 14.8 Å². The maximum atomic E-state index is 13.4. The second-order valence-corrected chi connectivity index (χ2v) is 8.85. The molecule has 5 heteroatoms. The summed E-state index contributed by atoms with van der Waals surface area (Å²) in [4.78, 5) is 0. The minimum Gasteiger partial charge on any atom is -0.392 e. The maximum Gasteiger partial charge on any atom is 0.248 e. The lowest BCUT2D eigenvalue weighted by molar-refractivity contribution is 0.283. The molecule has 24 heavy (non-hydrogen) atoms. The predicted molar refractivity (Wildman–Crippen MR) is 97.5 cm³/mol. The van der Waals surface area contributed by atoms with Gasteiger partial charge in [-0.05, 0) is 43.9 Å². The van der Waals surface area contributed by atoms with E-state index in [1.54, 1.807) is 19.2 Å². The summed E-state index contributed by atoms with van der Waals surface area (Å²) in [6.45, 7) is 5.59. The molecule has 0 amide bonds. The quantitative estimate of drug-likeness (QED) is 0.920. The van der Waals surface area contributed by atoms with Crippen molar-refractivity contribution in [2.24, 2.45) is 0 Å². The lowest BCUT2D eigenvalue weighted by atomic mass is 9.96. The van der Waals surface area contributed by atoms with Crippen LogP contribution in [-0.4, -0.2) is 22.2 Å². The maximum absolute atomic E-state index is 13.4. The van der Waals surface area contributed by atoms with Crippen LogP contribution in [0.5, 0.6) is 0 Å². The van der Waals surface area contributed by atoms with Crippen molar-refractivity contribution in [3.8, 4) is 0 Å². The Balaban J connectivity index is 2.24. The zero-order chi connectivity index (χ0) is 17.5. The van der Waals surface area contributed by atoms with Gasteiger partial charge in [0.05, 0.1) is 12.1 Å². The van der Waals surface area contributed by atoms with Gasteiger partial charge in [-0.15, -0.1) is 0 Å². The van der Waals surface area contributed by atoms with Gasteiger partial charge in [0, 0.05) is 11.6 Å². The number of nitrogens with zero attached hydrogens (tertiary/aromatic N) is 1. The fraction of sp³-hybridized carbons (Fsp3) is 0.368. The molecular weight excluding hydrogens is 322 g/mol. The summed E-state index contributed by atoms with van der Waals surface area (Å²) in [5, 5.41) is 10.3. The Hall–Kier alpha value is -1.85. The summed E-state index contributed by atoms with van der Waals surface area (Å²) in [5.74, 6) is 0. The fourth-order valence-corrected chi connectivity index (χ4v) is 5.12. The Labute approximate surface area is 143 Å². The van der Waals surface area contributed by atoms with Crippen molar-refractivity contribution in [1.82, 2.24) is 3.97 Å². The van der Waals surface area contributed by atoms with Gasteiger partial charge in [-0.3, -0.25) is 0 Å². The molecule has 1 heterocycles. The smallest absolute Gasteiger partial charge is 0.248 e. The molecule has 1 atom stereocenters. The van der Waals surface area contributed by atoms with Crippen molar-refractivity contribution in [3.05, 3.63) is 59.3 Å². The van der Waals surface area contributed by atoms with Crippen molar-refractivity contribution in [3.63, 3.8) is 0 Å². The second kappa shape index (κ2) is 5.90. The van der Waals surface area contributed by atoms with Crippen LogP contribution < -0.4 is 0 Å². The lowest BCUT2D eigenvalue weighted by Gasteiger charge is -2.29. The number of allylic oxidation sites excluding steroid dienone is 3. The third kappa shape index (κ3) is 2.43. The van der Waals surface area contributed by atoms with Gasteiger partial charge in [0.2, 0.25) is 10.0 Å². The molecule has 4 nitrogen and oxygen atoms in total. The average molecular weight is 345 g/mol. The van der Waals surface area contributed by atoms with Gasteiger partial charge >= 0.3 is 0 Å². The standard InChI is InChI=1S/C19H23NO3S/c1-4-15-6-5-10-19(3,12-15)24(22,23)20-11-9-17-16(13-21)8-7-14(2)18(17)20/h5-9,11-12,21H,4,10,13H2,1-3H3. The SMILES string of the molecule is CCC1=CC(C)(S(=O)(=O)n2ccc3c(CO)ccc(C)c32)CC=C1. The molecule has 1 aromatic heterocycles. The number of aromatic nitrogens is 1. The average Bonchev–Trinajstić information content (AvgIpc) is 3.02. The van der Waals surface area contributed by atoms with E-state index in [0.717, 1.165) is 28.5 Å². The molecule has 0 bridgehead atoms. The van der Waals surface area contributed by atoms with Crippen LogP contribution in [0.15, 0.2) is 48.2 Å². The number of hydrogen-bond donors (Lipinski definition) is 1. The van der Waals surface area contributed by atoms with Gasteiger partial charge in [0.1, 0.15) is 4.75 Å². The number of rotatable bonds is 4. The van der Waals surface area contributed by atoms with E-state index in [1.807, 2.05) is 44.2 Å². The lowest BCUT2D eigenvalue weighted by Crippen LogP contribution is -2.38. The van der Waals surface area contributed by atoms with Crippen LogP contribution in [0.3, 0.4) is 0 Å². The first-order chi connectivity index (χ1) is 11.3. The normalized spacial score (nSPS) is 21.2. The number of aliphatic hydroxyl groups is 1. The van der Waals surface area contributed by atoms with Crippen molar-refractivity contribution >= 4 is 20.9 Å². The van der Waals surface area contributed by atoms with Crippen molar-refractivity contribution in [1.29, 1.82) is 0 Å². The molecule has 1 unspecified atom stereocenters. The number of hydrogen-bond acceptors (Lipinski definition) is 3. The summed E-state index contributed by atoms with van der Waals surface area (Å²) in [6, 6.07) is 5.48. The van der Waals surface area contributed by atoms with Crippen molar-refractivity contribution in [2.75, 3.05) is 0 Å². The molecule has 1 N–H and O–H groups in total. The largest absolute Gasteiger partial charge is 0.392 e. The van der Waals surface area contributed by atoms with Crippen LogP contribution in [0.1, 0.15) is 37.8 Å². The zero-order valence-corrected chi connectivity index (χ0v) is 15.1. The molecule has 1 aliphatic carbocycles. The highest BCUT2D eigenvalue weighted by molar-refractivity contribution is 7.91. The first kappa shape index (κ1) is 17.0. The molecule has 0 radical (unpaired) electrons. The number of aliphatic hydroxyl groups excluding tert-OH is 1. The van der Waals surface area contributed by atoms with Crippen molar-refractivity contribution < 1.29 is 13.5 Å². The minimum absolute atomic E-state index is 0.110. The zero-order valence-electron chi connectivity index (χ0n) is 14.3. The summed E-state index contributed by atoms with van der Waals surface area (Å²) >= 11 is 0. The molecule has 0 spiro atoms. The van der Waals surface area contributed by atoms with Gasteiger partial charge < -0.3 is 5.11 Å². The van der Waals surface area contributed by atoms with E-state index in [4.69, 9.17) is 0 Å². The van der Waals surface area contributed by atoms with Crippen molar-refractivity contribution in [2.45, 2.75) is 45.0 Å². The van der Waals surface area contributed by atoms with E-state index in [0.29, 0.717) is 11.9 Å². The molecule has 0 fully saturated rings. The molecule has 0 saturated carbocycles. The fourth-order valence-electron chi connectivity index (χ4n) is 3.36. The third-order valence-corrected chi connectivity index (χ3v) is 7.16. The van der Waals surface area contributed by atoms with E-state index in [2.05, 4.69) is 0 Å². The highest BCUT2D eigenvalue weighted by Crippen LogP contribution is 2.35. The molecule has 3 rings (SSSR count). The Morgan fingerprint density at radius 2 is 2.04 bits per heavy atom. The van der Waals surface area contributed by atoms with Crippen LogP contribution in [0, 0.1) is 6.92 Å². The molecule has 1 aliphatic rings. The van der Waals surface area contributed by atoms with Crippen LogP contribution in [-0.2, 0) is 16.6 Å². The van der Waals surface area contributed by atoms with Gasteiger partial charge in [-0.25, -0.2) is 12.4 Å². The highest BCUT2D eigenvalue weighted by Gasteiger charge is 2.39. The summed E-state index contributed by atoms with van der Waals surface area (Å²) < 4.78 is 27.3. The van der Waals surface area contributed by atoms with Crippen LogP contribution in [0.4, 0.5) is 0 Å². The Morgan fingerprint density at radius 1 is 1.29 bits per heavy atom. The van der Waals surface area contributed by atoms with Gasteiger partial charge in [-0.2, -0.15) is 0 Å². The van der Waals surface area contributed by atoms with Gasteiger partial charge in [0.15, 0.2) is 0 Å². The molecule has 0 saturated heterocycles. The summed E-state index contributed by atoms with van der Waals surface area (Å²) in [7, 11) is -3.63. The summed E-state index contributed by atoms with van der Waals surface area (Å²) in [6.07, 6.45) is 8.68. The third-order valence-electron chi connectivity index (χ3n) is 4.88. The minimum atomic E-state index is -3.63. The molecule has 0 aliphatic heterocycles. The monoisotopic (exact) mass is 345 g/mol. The first-order valence-electron chi connectivity index (χ1n) is 8.18. The first-order valence-corrected chi connectivity index (χ1v) is 9.62. The molecule has 2 aromatic rings. The molecule has 1 aromatic carbocycles. The second-order valence-electron chi connectivity index (χ2n) is 6.57. The van der Waals surface area contributed by atoms with E-state index in [9.17, 15) is 13.5 Å². The Bertz CT molecular complexity index is 950.